The van der Waals surface area contributed by atoms with Crippen LogP contribution in [0.2, 0.25) is 5.02 Å². The molecule has 0 aliphatic rings. The maximum Gasteiger partial charge on any atom is 0.265 e. The van der Waals surface area contributed by atoms with Crippen LogP contribution in [0.15, 0.2) is 33.8 Å². The van der Waals surface area contributed by atoms with Gasteiger partial charge in [-0.3, -0.25) is 4.72 Å². The lowest BCUT2D eigenvalue weighted by molar-refractivity contribution is 0.399. The average molecular weight is 340 g/mol. The van der Waals surface area contributed by atoms with Gasteiger partial charge in [-0.25, -0.2) is 8.42 Å². The summed E-state index contributed by atoms with van der Waals surface area (Å²) in [5, 5.41) is 4.88. The van der Waals surface area contributed by atoms with Gasteiger partial charge >= 0.3 is 0 Å². The highest BCUT2D eigenvalue weighted by atomic mass is 35.5. The van der Waals surface area contributed by atoms with Crippen molar-refractivity contribution in [2.45, 2.75) is 25.2 Å². The zero-order valence-corrected chi connectivity index (χ0v) is 13.5. The first-order valence-electron chi connectivity index (χ1n) is 6.67. The minimum Gasteiger partial charge on any atom is -0.360 e. The van der Waals surface area contributed by atoms with Crippen LogP contribution in [-0.4, -0.2) is 18.6 Å². The van der Waals surface area contributed by atoms with Crippen LogP contribution in [0.3, 0.4) is 0 Å². The maximum absolute atomic E-state index is 12.6. The summed E-state index contributed by atoms with van der Waals surface area (Å²) in [6.07, 6.45) is 2.05. The van der Waals surface area contributed by atoms with E-state index >= 15 is 0 Å². The molecule has 0 aliphatic heterocycles. The van der Waals surface area contributed by atoms with Gasteiger partial charge in [0.2, 0.25) is 0 Å². The number of aryl methyl sites for hydroxylation is 1. The van der Waals surface area contributed by atoms with Crippen molar-refractivity contribution in [1.82, 2.24) is 10.1 Å². The van der Waals surface area contributed by atoms with Crippen LogP contribution in [0.1, 0.15) is 18.2 Å². The SMILES string of the molecule is CCc1c(NS(=O)(=O)c2c[nH]c3cc(Cl)ccc23)noc1C. The normalized spacial score (nSPS) is 12.0. The van der Waals surface area contributed by atoms with E-state index in [0.717, 1.165) is 5.56 Å². The first-order valence-corrected chi connectivity index (χ1v) is 8.53. The standard InChI is InChI=1S/C14H14ClN3O3S/c1-3-10-8(2)21-17-14(10)18-22(19,20)13-7-16-12-6-9(15)4-5-11(12)13/h4-7,16H,3H2,1-2H3,(H,17,18). The number of aromatic amines is 1. The summed E-state index contributed by atoms with van der Waals surface area (Å²) in [4.78, 5) is 3.05. The monoisotopic (exact) mass is 339 g/mol. The van der Waals surface area contributed by atoms with Gasteiger partial charge in [-0.2, -0.15) is 0 Å². The molecule has 2 N–H and O–H groups in total. The van der Waals surface area contributed by atoms with E-state index in [1.165, 1.54) is 6.20 Å². The fraction of sp³-hybridized carbons (Fsp3) is 0.214. The molecule has 0 radical (unpaired) electrons. The summed E-state index contributed by atoms with van der Waals surface area (Å²) >= 11 is 5.91. The molecule has 0 amide bonds. The number of aromatic nitrogens is 2. The van der Waals surface area contributed by atoms with Crippen molar-refractivity contribution in [3.63, 3.8) is 0 Å². The molecular formula is C14H14ClN3O3S. The van der Waals surface area contributed by atoms with E-state index in [-0.39, 0.29) is 10.7 Å². The van der Waals surface area contributed by atoms with Crippen LogP contribution in [0, 0.1) is 6.92 Å². The second-order valence-corrected chi connectivity index (χ2v) is 6.96. The largest absolute Gasteiger partial charge is 0.360 e. The number of sulfonamides is 1. The van der Waals surface area contributed by atoms with Crippen LogP contribution in [0.4, 0.5) is 5.82 Å². The van der Waals surface area contributed by atoms with Gasteiger partial charge < -0.3 is 9.51 Å². The second-order valence-electron chi connectivity index (χ2n) is 4.87. The van der Waals surface area contributed by atoms with Gasteiger partial charge in [0.1, 0.15) is 10.7 Å². The third-order valence-corrected chi connectivity index (χ3v) is 5.08. The highest BCUT2D eigenvalue weighted by Gasteiger charge is 2.22. The molecule has 6 nitrogen and oxygen atoms in total. The van der Waals surface area contributed by atoms with Crippen molar-refractivity contribution >= 4 is 38.3 Å². The molecule has 3 rings (SSSR count). The summed E-state index contributed by atoms with van der Waals surface area (Å²) in [6, 6.07) is 4.99. The lowest BCUT2D eigenvalue weighted by Crippen LogP contribution is -2.14. The Balaban J connectivity index is 2.05. The number of nitrogens with one attached hydrogen (secondary N) is 2. The predicted molar refractivity (Wildman–Crippen MR) is 84.7 cm³/mol. The van der Waals surface area contributed by atoms with Gasteiger partial charge in [0, 0.05) is 27.7 Å². The Labute approximate surface area is 132 Å². The lowest BCUT2D eigenvalue weighted by Gasteiger charge is -2.05. The smallest absolute Gasteiger partial charge is 0.265 e. The number of benzene rings is 1. The quantitative estimate of drug-likeness (QED) is 0.761. The molecule has 0 spiro atoms. The van der Waals surface area contributed by atoms with Crippen LogP contribution in [-0.2, 0) is 16.4 Å². The van der Waals surface area contributed by atoms with Gasteiger partial charge in [0.25, 0.3) is 10.0 Å². The molecule has 22 heavy (non-hydrogen) atoms. The number of halogens is 1. The Morgan fingerprint density at radius 1 is 1.41 bits per heavy atom. The van der Waals surface area contributed by atoms with E-state index in [9.17, 15) is 8.42 Å². The first-order chi connectivity index (χ1) is 10.4. The number of H-pyrrole nitrogens is 1. The molecule has 0 aliphatic carbocycles. The van der Waals surface area contributed by atoms with Gasteiger partial charge in [0.15, 0.2) is 5.82 Å². The highest BCUT2D eigenvalue weighted by Crippen LogP contribution is 2.28. The predicted octanol–water partition coefficient (Wildman–Crippen LogP) is 3.48. The summed E-state index contributed by atoms with van der Waals surface area (Å²) in [7, 11) is -3.78. The number of hydrogen-bond donors (Lipinski definition) is 2. The van der Waals surface area contributed by atoms with Crippen molar-refractivity contribution in [3.05, 3.63) is 40.7 Å². The molecule has 0 bridgehead atoms. The number of fused-ring (bicyclic) bond motifs is 1. The summed E-state index contributed by atoms with van der Waals surface area (Å²) in [5.74, 6) is 0.828. The van der Waals surface area contributed by atoms with E-state index in [2.05, 4.69) is 14.9 Å². The number of anilines is 1. The molecule has 0 saturated carbocycles. The number of rotatable bonds is 4. The van der Waals surface area contributed by atoms with E-state index < -0.39 is 10.0 Å². The van der Waals surface area contributed by atoms with E-state index in [0.29, 0.717) is 28.1 Å². The third kappa shape index (κ3) is 2.46. The van der Waals surface area contributed by atoms with Crippen LogP contribution < -0.4 is 4.72 Å². The lowest BCUT2D eigenvalue weighted by atomic mass is 10.2. The molecule has 0 saturated heterocycles. The molecule has 3 aromatic rings. The Bertz CT molecular complexity index is 944. The molecule has 0 atom stereocenters. The van der Waals surface area contributed by atoms with Gasteiger partial charge in [-0.15, -0.1) is 0 Å². The summed E-state index contributed by atoms with van der Waals surface area (Å²) < 4.78 is 32.7. The Morgan fingerprint density at radius 2 is 2.18 bits per heavy atom. The van der Waals surface area contributed by atoms with Crippen LogP contribution >= 0.6 is 11.6 Å². The van der Waals surface area contributed by atoms with Crippen molar-refractivity contribution in [1.29, 1.82) is 0 Å². The minimum atomic E-state index is -3.78. The molecular weight excluding hydrogens is 326 g/mol. The highest BCUT2D eigenvalue weighted by molar-refractivity contribution is 7.93. The summed E-state index contributed by atoms with van der Waals surface area (Å²) in [6.45, 7) is 3.66. The maximum atomic E-state index is 12.6. The van der Waals surface area contributed by atoms with Gasteiger partial charge in [0.05, 0.1) is 0 Å². The Morgan fingerprint density at radius 3 is 2.91 bits per heavy atom. The molecule has 0 fully saturated rings. The molecule has 2 aromatic heterocycles. The van der Waals surface area contributed by atoms with Crippen LogP contribution in [0.5, 0.6) is 0 Å². The van der Waals surface area contributed by atoms with E-state index in [1.54, 1.807) is 25.1 Å². The fourth-order valence-electron chi connectivity index (χ4n) is 2.36. The Kier molecular flexibility index (Phi) is 3.62. The van der Waals surface area contributed by atoms with Gasteiger partial charge in [-0.05, 0) is 31.5 Å². The average Bonchev–Trinajstić information content (AvgIpc) is 3.02. The molecule has 0 unspecified atom stereocenters. The minimum absolute atomic E-state index is 0.141. The molecule has 2 heterocycles. The molecule has 1 aromatic carbocycles. The Hall–Kier alpha value is -1.99. The molecule has 116 valence electrons. The topological polar surface area (TPSA) is 88.0 Å². The van der Waals surface area contributed by atoms with E-state index in [1.807, 2.05) is 6.92 Å². The van der Waals surface area contributed by atoms with Gasteiger partial charge in [-0.1, -0.05) is 23.7 Å². The zero-order valence-electron chi connectivity index (χ0n) is 12.0. The fourth-order valence-corrected chi connectivity index (χ4v) is 3.74. The second kappa shape index (κ2) is 5.33. The van der Waals surface area contributed by atoms with Crippen LogP contribution in [0.25, 0.3) is 10.9 Å². The number of hydrogen-bond acceptors (Lipinski definition) is 4. The zero-order chi connectivity index (χ0) is 15.9. The van der Waals surface area contributed by atoms with Crippen molar-refractivity contribution in [2.75, 3.05) is 4.72 Å². The third-order valence-electron chi connectivity index (χ3n) is 3.46. The first kappa shape index (κ1) is 14.9. The van der Waals surface area contributed by atoms with Crippen molar-refractivity contribution in [3.8, 4) is 0 Å². The van der Waals surface area contributed by atoms with Crippen molar-refractivity contribution < 1.29 is 12.9 Å². The molecule has 8 heteroatoms. The number of nitrogens with zero attached hydrogens (tertiary/aromatic N) is 1. The van der Waals surface area contributed by atoms with Crippen molar-refractivity contribution in [2.24, 2.45) is 0 Å². The van der Waals surface area contributed by atoms with E-state index in [4.69, 9.17) is 16.1 Å². The summed E-state index contributed by atoms with van der Waals surface area (Å²) in [5.41, 5.74) is 1.39.